The van der Waals surface area contributed by atoms with Crippen molar-refractivity contribution < 1.29 is 13.7 Å². The highest BCUT2D eigenvalue weighted by Crippen LogP contribution is 2.25. The molecular formula is C19H16N4O3. The molecular weight excluding hydrogens is 332 g/mol. The monoisotopic (exact) mass is 348 g/mol. The van der Waals surface area contributed by atoms with Gasteiger partial charge in [0.05, 0.1) is 29.0 Å². The van der Waals surface area contributed by atoms with Crippen LogP contribution in [0.1, 0.15) is 21.9 Å². The number of hydrogen-bond acceptors (Lipinski definition) is 5. The van der Waals surface area contributed by atoms with E-state index in [1.54, 1.807) is 22.9 Å². The lowest BCUT2D eigenvalue weighted by atomic mass is 10.2. The topological polar surface area (TPSA) is 86.1 Å². The smallest absolute Gasteiger partial charge is 0.277 e. The van der Waals surface area contributed by atoms with Crippen molar-refractivity contribution in [2.75, 3.05) is 5.32 Å². The Balaban J connectivity index is 1.60. The maximum Gasteiger partial charge on any atom is 0.277 e. The molecule has 1 aromatic carbocycles. The first kappa shape index (κ1) is 15.9. The molecule has 0 radical (unpaired) electrons. The van der Waals surface area contributed by atoms with Crippen LogP contribution >= 0.6 is 0 Å². The minimum absolute atomic E-state index is 0.169. The van der Waals surface area contributed by atoms with Crippen molar-refractivity contribution >= 4 is 11.6 Å². The summed E-state index contributed by atoms with van der Waals surface area (Å²) in [6.07, 6.45) is 1.53. The van der Waals surface area contributed by atoms with Gasteiger partial charge in [0.1, 0.15) is 0 Å². The lowest BCUT2D eigenvalue weighted by Gasteiger charge is -2.05. The molecule has 0 spiro atoms. The van der Waals surface area contributed by atoms with Crippen LogP contribution in [0.4, 0.5) is 5.69 Å². The summed E-state index contributed by atoms with van der Waals surface area (Å²) in [5, 5.41) is 11.2. The number of anilines is 1. The van der Waals surface area contributed by atoms with Gasteiger partial charge in [0.15, 0.2) is 11.5 Å². The average molecular weight is 348 g/mol. The molecule has 0 bridgehead atoms. The van der Waals surface area contributed by atoms with E-state index in [0.29, 0.717) is 17.2 Å². The normalized spacial score (nSPS) is 10.8. The van der Waals surface area contributed by atoms with Gasteiger partial charge in [-0.3, -0.25) is 4.79 Å². The molecule has 0 atom stereocenters. The summed E-state index contributed by atoms with van der Waals surface area (Å²) in [5.74, 6) is 0.541. The van der Waals surface area contributed by atoms with Gasteiger partial charge in [-0.15, -0.1) is 0 Å². The summed E-state index contributed by atoms with van der Waals surface area (Å²) in [4.78, 5) is 12.5. The van der Waals surface area contributed by atoms with Crippen LogP contribution in [0.15, 0.2) is 63.7 Å². The Morgan fingerprint density at radius 3 is 2.62 bits per heavy atom. The van der Waals surface area contributed by atoms with Crippen LogP contribution in [0.3, 0.4) is 0 Å². The Labute approximate surface area is 149 Å². The summed E-state index contributed by atoms with van der Waals surface area (Å²) < 4.78 is 12.2. The van der Waals surface area contributed by atoms with Gasteiger partial charge in [-0.05, 0) is 38.1 Å². The van der Waals surface area contributed by atoms with Crippen LogP contribution in [0.5, 0.6) is 0 Å². The molecule has 26 heavy (non-hydrogen) atoms. The van der Waals surface area contributed by atoms with E-state index in [4.69, 9.17) is 8.94 Å². The van der Waals surface area contributed by atoms with Crippen LogP contribution in [0.25, 0.3) is 17.2 Å². The van der Waals surface area contributed by atoms with Crippen molar-refractivity contribution in [3.63, 3.8) is 0 Å². The predicted octanol–water partition coefficient (Wildman–Crippen LogP) is 3.99. The highest BCUT2D eigenvalue weighted by atomic mass is 16.5. The molecule has 1 amide bonds. The molecule has 4 rings (SSSR count). The van der Waals surface area contributed by atoms with Gasteiger partial charge in [-0.25, -0.2) is 4.68 Å². The number of amides is 1. The second kappa shape index (κ2) is 6.36. The zero-order chi connectivity index (χ0) is 18.1. The number of furan rings is 1. The number of carbonyl (C=O) groups is 1. The number of rotatable bonds is 4. The molecule has 0 saturated carbocycles. The number of para-hydroxylation sites is 1. The Morgan fingerprint density at radius 2 is 1.88 bits per heavy atom. The molecule has 0 aliphatic carbocycles. The Kier molecular flexibility index (Phi) is 3.89. The number of nitrogens with zero attached hydrogens (tertiary/aromatic N) is 3. The molecule has 0 fully saturated rings. The van der Waals surface area contributed by atoms with Crippen LogP contribution in [0.2, 0.25) is 0 Å². The maximum atomic E-state index is 12.5. The van der Waals surface area contributed by atoms with Crippen molar-refractivity contribution in [2.24, 2.45) is 0 Å². The van der Waals surface area contributed by atoms with Gasteiger partial charge < -0.3 is 14.3 Å². The predicted molar refractivity (Wildman–Crippen MR) is 95.2 cm³/mol. The maximum absolute atomic E-state index is 12.5. The van der Waals surface area contributed by atoms with Crippen LogP contribution in [-0.2, 0) is 0 Å². The number of hydrogen-bond donors (Lipinski definition) is 1. The van der Waals surface area contributed by atoms with E-state index in [1.807, 2.05) is 44.2 Å². The molecule has 1 N–H and O–H groups in total. The first-order valence-corrected chi connectivity index (χ1v) is 8.07. The lowest BCUT2D eigenvalue weighted by Crippen LogP contribution is -2.13. The van der Waals surface area contributed by atoms with E-state index < -0.39 is 0 Å². The van der Waals surface area contributed by atoms with Crippen molar-refractivity contribution in [1.82, 2.24) is 14.9 Å². The summed E-state index contributed by atoms with van der Waals surface area (Å²) >= 11 is 0. The lowest BCUT2D eigenvalue weighted by molar-refractivity contribution is 0.101. The van der Waals surface area contributed by atoms with E-state index in [1.165, 1.54) is 6.26 Å². The Hall–Kier alpha value is -3.61. The quantitative estimate of drug-likeness (QED) is 0.603. The summed E-state index contributed by atoms with van der Waals surface area (Å²) in [7, 11) is 0. The van der Waals surface area contributed by atoms with E-state index >= 15 is 0 Å². The molecule has 0 aliphatic heterocycles. The number of aromatic nitrogens is 3. The van der Waals surface area contributed by atoms with Crippen molar-refractivity contribution in [3.8, 4) is 17.2 Å². The number of nitrogens with one attached hydrogen (secondary N) is 1. The van der Waals surface area contributed by atoms with Crippen LogP contribution in [0, 0.1) is 13.8 Å². The van der Waals surface area contributed by atoms with E-state index in [-0.39, 0.29) is 11.6 Å². The zero-order valence-corrected chi connectivity index (χ0v) is 14.3. The molecule has 7 nitrogen and oxygen atoms in total. The first-order chi connectivity index (χ1) is 12.6. The van der Waals surface area contributed by atoms with Crippen molar-refractivity contribution in [2.45, 2.75) is 13.8 Å². The summed E-state index contributed by atoms with van der Waals surface area (Å²) in [6.45, 7) is 3.75. The van der Waals surface area contributed by atoms with E-state index in [2.05, 4.69) is 15.6 Å². The molecule has 0 saturated heterocycles. The minimum Gasteiger partial charge on any atom is -0.461 e. The highest BCUT2D eigenvalue weighted by molar-refractivity contribution is 6.03. The third-order valence-corrected chi connectivity index (χ3v) is 4.04. The van der Waals surface area contributed by atoms with Crippen LogP contribution in [-0.4, -0.2) is 20.8 Å². The van der Waals surface area contributed by atoms with Crippen molar-refractivity contribution in [1.29, 1.82) is 0 Å². The SMILES string of the molecule is Cc1nn(-c2ccccc2)c(C)c1NC(=O)c1cc(-c2ccco2)on1. The first-order valence-electron chi connectivity index (χ1n) is 8.07. The summed E-state index contributed by atoms with van der Waals surface area (Å²) in [6, 6.07) is 14.8. The fraction of sp³-hybridized carbons (Fsp3) is 0.105. The molecule has 3 heterocycles. The number of carbonyl (C=O) groups excluding carboxylic acids is 1. The number of aryl methyl sites for hydroxylation is 1. The molecule has 130 valence electrons. The second-order valence-electron chi connectivity index (χ2n) is 5.80. The second-order valence-corrected chi connectivity index (χ2v) is 5.80. The Bertz CT molecular complexity index is 1050. The standard InChI is InChI=1S/C19H16N4O3/c1-12-18(13(2)23(21-12)14-7-4-3-5-8-14)20-19(24)15-11-17(26-22-15)16-9-6-10-25-16/h3-11H,1-2H3,(H,20,24). The third kappa shape index (κ3) is 2.79. The van der Waals surface area contributed by atoms with Gasteiger partial charge in [-0.1, -0.05) is 23.4 Å². The van der Waals surface area contributed by atoms with E-state index in [9.17, 15) is 4.79 Å². The molecule has 3 aromatic heterocycles. The fourth-order valence-corrected chi connectivity index (χ4v) is 2.74. The highest BCUT2D eigenvalue weighted by Gasteiger charge is 2.19. The molecule has 4 aromatic rings. The number of benzene rings is 1. The summed E-state index contributed by atoms with van der Waals surface area (Å²) in [5.41, 5.74) is 3.30. The van der Waals surface area contributed by atoms with Gasteiger partial charge >= 0.3 is 0 Å². The van der Waals surface area contributed by atoms with Crippen LogP contribution < -0.4 is 5.32 Å². The van der Waals surface area contributed by atoms with Gasteiger partial charge in [0.25, 0.3) is 5.91 Å². The largest absolute Gasteiger partial charge is 0.461 e. The van der Waals surface area contributed by atoms with Gasteiger partial charge in [0.2, 0.25) is 5.76 Å². The van der Waals surface area contributed by atoms with E-state index in [0.717, 1.165) is 17.1 Å². The zero-order valence-electron chi connectivity index (χ0n) is 14.3. The molecule has 0 unspecified atom stereocenters. The van der Waals surface area contributed by atoms with Gasteiger partial charge in [0, 0.05) is 6.07 Å². The van der Waals surface area contributed by atoms with Crippen molar-refractivity contribution in [3.05, 3.63) is 71.9 Å². The molecule has 0 aliphatic rings. The fourth-order valence-electron chi connectivity index (χ4n) is 2.74. The van der Waals surface area contributed by atoms with Gasteiger partial charge in [-0.2, -0.15) is 5.10 Å². The minimum atomic E-state index is -0.370. The Morgan fingerprint density at radius 1 is 1.08 bits per heavy atom. The third-order valence-electron chi connectivity index (χ3n) is 4.04. The molecule has 7 heteroatoms. The average Bonchev–Trinajstić information content (AvgIpc) is 3.39.